The molecule has 0 spiro atoms. The first-order valence-corrected chi connectivity index (χ1v) is 24.2. The van der Waals surface area contributed by atoms with Gasteiger partial charge >= 0.3 is 33.0 Å². The van der Waals surface area contributed by atoms with Crippen molar-refractivity contribution >= 4 is 50.1 Å². The zero-order valence-corrected chi connectivity index (χ0v) is 40.6. The Morgan fingerprint density at radius 3 is 1.74 bits per heavy atom. The molecule has 5 aromatic carbocycles. The lowest BCUT2D eigenvalue weighted by atomic mass is 9.68. The summed E-state index contributed by atoms with van der Waals surface area (Å²) in [6.07, 6.45) is 16.9. The number of nitrogens with zero attached hydrogens (tertiary/aromatic N) is 2. The van der Waals surface area contributed by atoms with E-state index in [1.165, 1.54) is 118 Å². The molecule has 0 fully saturated rings. The predicted molar refractivity (Wildman–Crippen MR) is 268 cm³/mol. The third-order valence-electron chi connectivity index (χ3n) is 13.5. The van der Waals surface area contributed by atoms with Crippen molar-refractivity contribution in [1.29, 1.82) is 0 Å². The predicted octanol–water partition coefficient (Wildman–Crippen LogP) is 15.6. The van der Waals surface area contributed by atoms with Crippen molar-refractivity contribution in [2.75, 3.05) is 7.77 Å². The van der Waals surface area contributed by atoms with Crippen LogP contribution in [-0.4, -0.2) is 39.1 Å². The monoisotopic (exact) mass is 835 g/mol. The van der Waals surface area contributed by atoms with Crippen LogP contribution in [0.15, 0.2) is 151 Å². The number of rotatable bonds is 22. The molecule has 0 saturated carbocycles. The lowest BCUT2D eigenvalue weighted by Gasteiger charge is -2.41. The fraction of sp³-hybridized carbons (Fsp3) is 0.368. The second-order valence-electron chi connectivity index (χ2n) is 17.7. The molecule has 0 N–H and O–H groups in total. The maximum Gasteiger partial charge on any atom is 0.318 e. The van der Waals surface area contributed by atoms with E-state index in [0.717, 1.165) is 24.2 Å². The summed E-state index contributed by atoms with van der Waals surface area (Å²) in [5.74, 6) is 1.02. The van der Waals surface area contributed by atoms with Crippen LogP contribution in [0.25, 0.3) is 22.3 Å². The van der Waals surface area contributed by atoms with E-state index in [0.29, 0.717) is 17.9 Å². The van der Waals surface area contributed by atoms with Crippen molar-refractivity contribution < 1.29 is 0 Å². The molecule has 4 radical (unpaired) electrons. The summed E-state index contributed by atoms with van der Waals surface area (Å²) in [5.41, 5.74) is 18.9. The van der Waals surface area contributed by atoms with Crippen molar-refractivity contribution in [1.82, 2.24) is 0 Å². The molecule has 1 aliphatic carbocycles. The van der Waals surface area contributed by atoms with Crippen LogP contribution < -0.4 is 7.77 Å². The van der Waals surface area contributed by atoms with Crippen LogP contribution in [0.4, 0.5) is 17.1 Å². The van der Waals surface area contributed by atoms with Gasteiger partial charge in [0.15, 0.2) is 0 Å². The smallest absolute Gasteiger partial charge is 0.318 e. The summed E-state index contributed by atoms with van der Waals surface area (Å²) in [7, 11) is 0. The molecule has 5 aromatic rings. The van der Waals surface area contributed by atoms with Gasteiger partial charge in [-0.2, -0.15) is 0 Å². The molecule has 0 aromatic heterocycles. The van der Waals surface area contributed by atoms with E-state index in [4.69, 9.17) is 0 Å². The van der Waals surface area contributed by atoms with E-state index in [1.807, 2.05) is 0 Å². The zero-order valence-electron chi connectivity index (χ0n) is 38.3. The fourth-order valence-electron chi connectivity index (χ4n) is 9.47. The van der Waals surface area contributed by atoms with E-state index < -0.39 is 0 Å². The van der Waals surface area contributed by atoms with Gasteiger partial charge in [-0.25, -0.2) is 0 Å². The first kappa shape index (κ1) is 46.5. The number of benzene rings is 5. The molecule has 6 rings (SSSR count). The van der Waals surface area contributed by atoms with Gasteiger partial charge in [-0.1, -0.05) is 157 Å². The van der Waals surface area contributed by atoms with Gasteiger partial charge < -0.3 is 7.77 Å². The molecule has 0 bridgehead atoms. The Balaban J connectivity index is 1.33. The molecule has 4 atom stereocenters. The van der Waals surface area contributed by atoms with Gasteiger partial charge in [0.2, 0.25) is 0 Å². The van der Waals surface area contributed by atoms with E-state index in [-0.39, 0.29) is 5.92 Å². The van der Waals surface area contributed by atoms with Crippen molar-refractivity contribution in [3.63, 3.8) is 0 Å². The molecule has 61 heavy (non-hydrogen) atoms. The lowest BCUT2D eigenvalue weighted by Crippen LogP contribution is -2.39. The van der Waals surface area contributed by atoms with Crippen LogP contribution in [0.3, 0.4) is 0 Å². The number of anilines is 3. The molecule has 0 heterocycles. The van der Waals surface area contributed by atoms with Gasteiger partial charge in [0, 0.05) is 29.0 Å². The quantitative estimate of drug-likeness (QED) is 0.0389. The molecular formula is C57H68Al2N2. The molecule has 312 valence electrons. The van der Waals surface area contributed by atoms with Crippen molar-refractivity contribution in [2.24, 2.45) is 11.8 Å². The largest absolute Gasteiger partial charge is 0.477 e. The minimum atomic E-state index is 0.169. The highest BCUT2D eigenvalue weighted by atomic mass is 27.1. The molecule has 1 aliphatic rings. The molecular weight excluding hydrogens is 767 g/mol. The fourth-order valence-corrected chi connectivity index (χ4v) is 10.2. The number of unbranched alkanes of at least 4 members (excludes halogenated alkanes) is 6. The summed E-state index contributed by atoms with van der Waals surface area (Å²) in [6, 6.07) is 43.1. The summed E-state index contributed by atoms with van der Waals surface area (Å²) >= 11 is 5.88. The Morgan fingerprint density at radius 1 is 0.607 bits per heavy atom. The average molecular weight is 835 g/mol. The molecule has 1 unspecified atom stereocenters. The molecule has 0 aliphatic heterocycles. The first-order chi connectivity index (χ1) is 29.6. The Bertz CT molecular complexity index is 2250. The van der Waals surface area contributed by atoms with Gasteiger partial charge in [-0.15, -0.1) is 6.58 Å². The summed E-state index contributed by atoms with van der Waals surface area (Å²) in [4.78, 5) is 0. The van der Waals surface area contributed by atoms with Crippen LogP contribution in [0, 0.1) is 18.8 Å². The number of hydrogen-bond donors (Lipinski definition) is 0. The molecule has 0 saturated heterocycles. The Morgan fingerprint density at radius 2 is 1.18 bits per heavy atom. The van der Waals surface area contributed by atoms with Crippen molar-refractivity contribution in [2.45, 2.75) is 125 Å². The number of aryl methyl sites for hydroxylation is 3. The van der Waals surface area contributed by atoms with E-state index in [2.05, 4.69) is 223 Å². The Hall–Kier alpha value is -4.02. The summed E-state index contributed by atoms with van der Waals surface area (Å²) < 4.78 is 4.55. The standard InChI is InChI=1S/C57H68N2.2Al/c1-9-12-14-18-24-47-39-55(52(11-3)56-37-41(5)57(56)43(7)42(6)44(8)58-49-26-20-16-21-27-49)48(25-19-15-13-10-2)38-54(47)46-32-30-45(31-33-46)53-35-34-51(36-40(53)4)59-50-28-22-17-23-29-50;;/h11,16-17,20-23,26-39,42-44,52H,3,9-10,12-15,18-19,24-25H2,1-2,4-8H3;;/q-2;2*+1/t42-,43+,44-,52?;;/m0../s1. The summed E-state index contributed by atoms with van der Waals surface area (Å²) in [5, 5.41) is 0. The Kier molecular flexibility index (Phi) is 17.0. The van der Waals surface area contributed by atoms with E-state index in [9.17, 15) is 0 Å². The van der Waals surface area contributed by atoms with Crippen molar-refractivity contribution in [3.8, 4) is 22.3 Å². The molecule has 2 nitrogen and oxygen atoms in total. The number of hydrogen-bond acceptors (Lipinski definition) is 2. The van der Waals surface area contributed by atoms with Crippen LogP contribution in [-0.2, 0) is 12.8 Å². The normalized spacial score (nSPS) is 14.4. The van der Waals surface area contributed by atoms with Gasteiger partial charge in [0.25, 0.3) is 0 Å². The van der Waals surface area contributed by atoms with Gasteiger partial charge in [0.1, 0.15) is 0 Å². The first-order valence-electron chi connectivity index (χ1n) is 23.2. The lowest BCUT2D eigenvalue weighted by molar-refractivity contribution is 0.379. The van der Waals surface area contributed by atoms with Crippen LogP contribution in [0.1, 0.15) is 121 Å². The number of allylic oxidation sites excluding steroid dienone is 5. The van der Waals surface area contributed by atoms with Crippen molar-refractivity contribution in [3.05, 3.63) is 173 Å². The van der Waals surface area contributed by atoms with Crippen LogP contribution in [0.5, 0.6) is 0 Å². The highest BCUT2D eigenvalue weighted by molar-refractivity contribution is 6.22. The SMILES string of the molecule is C=CC(C1=CC(C)=C1[C@H](C)[C@H](C)[C@H](C)[N]([Al])c1ccccc1)c1cc(CCCCCC)c(-c2ccc(-c3ccc([N]([Al])c4ccccc4)cc3C)cc2)cc1CCCCCC. The van der Waals surface area contributed by atoms with Gasteiger partial charge in [-0.05, 0) is 156 Å². The Labute approximate surface area is 387 Å². The highest BCUT2D eigenvalue weighted by Crippen LogP contribution is 2.47. The minimum Gasteiger partial charge on any atom is -0.477 e. The molecule has 0 amide bonds. The molecule has 4 heteroatoms. The van der Waals surface area contributed by atoms with E-state index in [1.54, 1.807) is 0 Å². The maximum absolute atomic E-state index is 4.55. The van der Waals surface area contributed by atoms with Crippen LogP contribution in [0.2, 0.25) is 0 Å². The second-order valence-corrected chi connectivity index (χ2v) is 18.7. The topological polar surface area (TPSA) is 6.48 Å². The maximum atomic E-state index is 4.55. The second kappa shape index (κ2) is 22.4. The van der Waals surface area contributed by atoms with E-state index >= 15 is 0 Å². The third-order valence-corrected chi connectivity index (χ3v) is 14.9. The zero-order chi connectivity index (χ0) is 43.5. The van der Waals surface area contributed by atoms with Gasteiger partial charge in [-0.3, -0.25) is 0 Å². The van der Waals surface area contributed by atoms with Crippen LogP contribution >= 0.6 is 0 Å². The summed E-state index contributed by atoms with van der Waals surface area (Å²) in [6.45, 7) is 21.0. The van der Waals surface area contributed by atoms with Gasteiger partial charge in [0.05, 0.1) is 0 Å². The number of para-hydroxylation sites is 2. The minimum absolute atomic E-state index is 0.169. The third kappa shape index (κ3) is 11.1. The highest BCUT2D eigenvalue weighted by Gasteiger charge is 2.34. The average Bonchev–Trinajstić information content (AvgIpc) is 3.29.